The van der Waals surface area contributed by atoms with Crippen molar-refractivity contribution in [2.24, 2.45) is 0 Å². The van der Waals surface area contributed by atoms with Gasteiger partial charge in [0.25, 0.3) is 0 Å². The Bertz CT molecular complexity index is 324. The van der Waals surface area contributed by atoms with Gasteiger partial charge in [0.1, 0.15) is 0 Å². The third-order valence-corrected chi connectivity index (χ3v) is 2.59. The second kappa shape index (κ2) is 6.28. The number of hydrogen-bond donors (Lipinski definition) is 2. The van der Waals surface area contributed by atoms with Crippen LogP contribution in [0.3, 0.4) is 0 Å². The van der Waals surface area contributed by atoms with Crippen molar-refractivity contribution in [2.75, 3.05) is 0 Å². The fourth-order valence-electron chi connectivity index (χ4n) is 1.70. The Balaban J connectivity index is 2.55. The van der Waals surface area contributed by atoms with E-state index in [2.05, 4.69) is 5.32 Å². The highest BCUT2D eigenvalue weighted by Crippen LogP contribution is 2.18. The highest BCUT2D eigenvalue weighted by Gasteiger charge is 2.14. The van der Waals surface area contributed by atoms with Crippen LogP contribution in [0.4, 0.5) is 0 Å². The molecule has 0 saturated heterocycles. The maximum atomic E-state index is 10.9. The van der Waals surface area contributed by atoms with E-state index in [0.717, 1.165) is 12.0 Å². The monoisotopic (exact) mass is 221 g/mol. The Morgan fingerprint density at radius 3 is 2.50 bits per heavy atom. The SMILES string of the molecule is CCC(CC(O)c1ccccc1)NC(C)=O. The maximum Gasteiger partial charge on any atom is 0.217 e. The molecule has 0 bridgehead atoms. The molecule has 1 rings (SSSR count). The van der Waals surface area contributed by atoms with E-state index in [1.54, 1.807) is 0 Å². The number of aliphatic hydroxyl groups is 1. The fourth-order valence-corrected chi connectivity index (χ4v) is 1.70. The van der Waals surface area contributed by atoms with Crippen molar-refractivity contribution in [3.05, 3.63) is 35.9 Å². The summed E-state index contributed by atoms with van der Waals surface area (Å²) >= 11 is 0. The molecule has 2 unspecified atom stereocenters. The van der Waals surface area contributed by atoms with E-state index in [9.17, 15) is 9.90 Å². The highest BCUT2D eigenvalue weighted by molar-refractivity contribution is 5.73. The zero-order chi connectivity index (χ0) is 12.0. The van der Waals surface area contributed by atoms with Gasteiger partial charge >= 0.3 is 0 Å². The molecule has 0 aliphatic heterocycles. The lowest BCUT2D eigenvalue weighted by Gasteiger charge is -2.19. The van der Waals surface area contributed by atoms with Crippen LogP contribution >= 0.6 is 0 Å². The number of carbonyl (C=O) groups is 1. The summed E-state index contributed by atoms with van der Waals surface area (Å²) in [5, 5.41) is 12.8. The molecule has 1 aromatic carbocycles. The van der Waals surface area contributed by atoms with Gasteiger partial charge in [0.15, 0.2) is 0 Å². The van der Waals surface area contributed by atoms with Gasteiger partial charge in [0.2, 0.25) is 5.91 Å². The first kappa shape index (κ1) is 12.7. The Morgan fingerprint density at radius 2 is 2.00 bits per heavy atom. The molecular weight excluding hydrogens is 202 g/mol. The largest absolute Gasteiger partial charge is 0.388 e. The molecule has 2 N–H and O–H groups in total. The molecular formula is C13H19NO2. The minimum absolute atomic E-state index is 0.0349. The summed E-state index contributed by atoms with van der Waals surface area (Å²) in [6, 6.07) is 9.54. The normalized spacial score (nSPS) is 14.2. The van der Waals surface area contributed by atoms with Crippen molar-refractivity contribution in [1.82, 2.24) is 5.32 Å². The minimum Gasteiger partial charge on any atom is -0.388 e. The van der Waals surface area contributed by atoms with Crippen molar-refractivity contribution >= 4 is 5.91 Å². The topological polar surface area (TPSA) is 49.3 Å². The van der Waals surface area contributed by atoms with Gasteiger partial charge in [-0.15, -0.1) is 0 Å². The average molecular weight is 221 g/mol. The molecule has 0 spiro atoms. The van der Waals surface area contributed by atoms with E-state index in [1.807, 2.05) is 37.3 Å². The lowest BCUT2D eigenvalue weighted by molar-refractivity contribution is -0.119. The van der Waals surface area contributed by atoms with Crippen molar-refractivity contribution < 1.29 is 9.90 Å². The van der Waals surface area contributed by atoms with Gasteiger partial charge in [-0.3, -0.25) is 4.79 Å². The van der Waals surface area contributed by atoms with Crippen molar-refractivity contribution in [3.63, 3.8) is 0 Å². The summed E-state index contributed by atoms with van der Waals surface area (Å²) in [6.45, 7) is 3.50. The molecule has 0 aliphatic carbocycles. The molecule has 3 heteroatoms. The Kier molecular flexibility index (Phi) is 4.99. The first-order valence-electron chi connectivity index (χ1n) is 5.63. The molecule has 0 heterocycles. The summed E-state index contributed by atoms with van der Waals surface area (Å²) in [5.41, 5.74) is 0.895. The first-order valence-corrected chi connectivity index (χ1v) is 5.63. The summed E-state index contributed by atoms with van der Waals surface area (Å²) in [6.07, 6.45) is 0.863. The minimum atomic E-state index is -0.516. The lowest BCUT2D eigenvalue weighted by Crippen LogP contribution is -2.33. The number of aliphatic hydroxyl groups excluding tert-OH is 1. The smallest absolute Gasteiger partial charge is 0.217 e. The van der Waals surface area contributed by atoms with Crippen LogP contribution < -0.4 is 5.32 Å². The van der Waals surface area contributed by atoms with E-state index in [4.69, 9.17) is 0 Å². The molecule has 0 aromatic heterocycles. The van der Waals surface area contributed by atoms with E-state index in [0.29, 0.717) is 6.42 Å². The molecule has 0 fully saturated rings. The summed E-state index contributed by atoms with van der Waals surface area (Å²) in [5.74, 6) is -0.0490. The molecule has 0 aliphatic rings. The van der Waals surface area contributed by atoms with Gasteiger partial charge in [0, 0.05) is 13.0 Å². The Labute approximate surface area is 96.5 Å². The van der Waals surface area contributed by atoms with Crippen molar-refractivity contribution in [3.8, 4) is 0 Å². The Hall–Kier alpha value is -1.35. The van der Waals surface area contributed by atoms with Gasteiger partial charge in [0.05, 0.1) is 6.10 Å². The summed E-state index contributed by atoms with van der Waals surface area (Å²) in [7, 11) is 0. The van der Waals surface area contributed by atoms with Crippen molar-refractivity contribution in [1.29, 1.82) is 0 Å². The summed E-state index contributed by atoms with van der Waals surface area (Å²) in [4.78, 5) is 10.9. The number of hydrogen-bond acceptors (Lipinski definition) is 2. The van der Waals surface area contributed by atoms with Crippen LogP contribution in [0, 0.1) is 0 Å². The molecule has 1 amide bonds. The van der Waals surface area contributed by atoms with Gasteiger partial charge in [-0.05, 0) is 18.4 Å². The van der Waals surface area contributed by atoms with Crippen LogP contribution in [0.25, 0.3) is 0 Å². The fraction of sp³-hybridized carbons (Fsp3) is 0.462. The molecule has 16 heavy (non-hydrogen) atoms. The average Bonchev–Trinajstić information content (AvgIpc) is 2.28. The highest BCUT2D eigenvalue weighted by atomic mass is 16.3. The number of carbonyl (C=O) groups excluding carboxylic acids is 1. The third kappa shape index (κ3) is 4.03. The number of nitrogens with one attached hydrogen (secondary N) is 1. The first-order chi connectivity index (χ1) is 7.63. The van der Waals surface area contributed by atoms with Gasteiger partial charge in [-0.1, -0.05) is 37.3 Å². The van der Waals surface area contributed by atoms with Gasteiger partial charge in [-0.2, -0.15) is 0 Å². The van der Waals surface area contributed by atoms with E-state index < -0.39 is 6.10 Å². The Morgan fingerprint density at radius 1 is 1.38 bits per heavy atom. The van der Waals surface area contributed by atoms with Crippen LogP contribution in [0.1, 0.15) is 38.4 Å². The molecule has 88 valence electrons. The molecule has 1 aromatic rings. The number of benzene rings is 1. The molecule has 0 radical (unpaired) electrons. The van der Waals surface area contributed by atoms with E-state index in [1.165, 1.54) is 6.92 Å². The zero-order valence-electron chi connectivity index (χ0n) is 9.81. The second-order valence-electron chi connectivity index (χ2n) is 3.97. The van der Waals surface area contributed by atoms with Crippen molar-refractivity contribution in [2.45, 2.75) is 38.8 Å². The predicted octanol–water partition coefficient (Wildman–Crippen LogP) is 2.02. The van der Waals surface area contributed by atoms with Crippen LogP contribution in [0.2, 0.25) is 0 Å². The van der Waals surface area contributed by atoms with Gasteiger partial charge < -0.3 is 10.4 Å². The quantitative estimate of drug-likeness (QED) is 0.799. The lowest BCUT2D eigenvalue weighted by atomic mass is 10.0. The van der Waals surface area contributed by atoms with E-state index >= 15 is 0 Å². The van der Waals surface area contributed by atoms with Gasteiger partial charge in [-0.25, -0.2) is 0 Å². The summed E-state index contributed by atoms with van der Waals surface area (Å²) < 4.78 is 0. The van der Waals surface area contributed by atoms with Crippen LogP contribution in [-0.2, 0) is 4.79 Å². The number of rotatable bonds is 5. The second-order valence-corrected chi connectivity index (χ2v) is 3.97. The van der Waals surface area contributed by atoms with E-state index in [-0.39, 0.29) is 11.9 Å². The van der Waals surface area contributed by atoms with Crippen LogP contribution in [-0.4, -0.2) is 17.1 Å². The van der Waals surface area contributed by atoms with Crippen LogP contribution in [0.15, 0.2) is 30.3 Å². The molecule has 0 saturated carbocycles. The molecule has 2 atom stereocenters. The maximum absolute atomic E-state index is 10.9. The third-order valence-electron chi connectivity index (χ3n) is 2.59. The molecule has 3 nitrogen and oxygen atoms in total. The zero-order valence-corrected chi connectivity index (χ0v) is 9.81. The standard InChI is InChI=1S/C13H19NO2/c1-3-12(14-10(2)15)9-13(16)11-7-5-4-6-8-11/h4-8,12-13,16H,3,9H2,1-2H3,(H,14,15). The number of amides is 1. The van der Waals surface area contributed by atoms with Crippen LogP contribution in [0.5, 0.6) is 0 Å². The predicted molar refractivity (Wildman–Crippen MR) is 63.9 cm³/mol.